The van der Waals surface area contributed by atoms with Crippen molar-refractivity contribution in [3.05, 3.63) is 29.1 Å². The first-order valence-corrected chi connectivity index (χ1v) is 7.40. The van der Waals surface area contributed by atoms with Crippen LogP contribution in [0.3, 0.4) is 0 Å². The van der Waals surface area contributed by atoms with E-state index in [2.05, 4.69) is 26.2 Å². The Hall–Kier alpha value is -1.43. The number of alkyl halides is 1. The second-order valence-electron chi connectivity index (χ2n) is 5.37. The van der Waals surface area contributed by atoms with Crippen LogP contribution in [0.5, 0.6) is 0 Å². The highest BCUT2D eigenvalue weighted by atomic mass is 79.9. The topological polar surface area (TPSA) is 68.3 Å². The van der Waals surface area contributed by atoms with Gasteiger partial charge in [-0.3, -0.25) is 15.1 Å². The van der Waals surface area contributed by atoms with E-state index in [0.29, 0.717) is 5.56 Å². The van der Waals surface area contributed by atoms with Gasteiger partial charge in [-0.1, -0.05) is 15.9 Å². The molecule has 110 valence electrons. The van der Waals surface area contributed by atoms with Gasteiger partial charge in [-0.2, -0.15) is 0 Å². The first kappa shape index (κ1) is 16.6. The van der Waals surface area contributed by atoms with Crippen molar-refractivity contribution in [2.24, 2.45) is 0 Å². The number of pyridine rings is 1. The third-order valence-corrected chi connectivity index (χ3v) is 2.94. The van der Waals surface area contributed by atoms with Gasteiger partial charge in [-0.15, -0.1) is 0 Å². The average molecular weight is 343 g/mol. The summed E-state index contributed by atoms with van der Waals surface area (Å²) in [5.41, 5.74) is 1.53. The number of nitrogens with one attached hydrogen (secondary N) is 1. The lowest BCUT2D eigenvalue weighted by Gasteiger charge is -2.19. The van der Waals surface area contributed by atoms with E-state index in [1.54, 1.807) is 27.0 Å². The molecule has 0 aliphatic rings. The molecule has 0 unspecified atom stereocenters. The first-order chi connectivity index (χ1) is 9.24. The molecule has 6 heteroatoms. The van der Waals surface area contributed by atoms with Gasteiger partial charge in [0.05, 0.1) is 5.56 Å². The van der Waals surface area contributed by atoms with Crippen molar-refractivity contribution in [1.29, 1.82) is 0 Å². The van der Waals surface area contributed by atoms with Gasteiger partial charge in [0.1, 0.15) is 5.60 Å². The molecule has 1 heterocycles. The fourth-order valence-electron chi connectivity index (χ4n) is 1.61. The minimum Gasteiger partial charge on any atom is -0.444 e. The van der Waals surface area contributed by atoms with Crippen molar-refractivity contribution in [3.63, 3.8) is 0 Å². The number of carbonyl (C=O) groups excluding carboxylic acids is 2. The zero-order chi connectivity index (χ0) is 15.3. The lowest BCUT2D eigenvalue weighted by molar-refractivity contribution is 0.0508. The second-order valence-corrected chi connectivity index (χ2v) is 6.16. The molecule has 0 fully saturated rings. The van der Waals surface area contributed by atoms with E-state index in [-0.39, 0.29) is 0 Å². The minimum absolute atomic E-state index is 0.384. The first-order valence-electron chi connectivity index (χ1n) is 6.28. The van der Waals surface area contributed by atoms with Crippen molar-refractivity contribution in [2.75, 3.05) is 5.33 Å². The largest absolute Gasteiger partial charge is 0.444 e. The van der Waals surface area contributed by atoms with Crippen LogP contribution in [0.15, 0.2) is 12.4 Å². The van der Waals surface area contributed by atoms with Gasteiger partial charge >= 0.3 is 6.09 Å². The molecule has 0 atom stereocenters. The van der Waals surface area contributed by atoms with Gasteiger partial charge in [0, 0.05) is 17.7 Å². The second kappa shape index (κ2) is 6.83. The molecule has 0 bridgehead atoms. The van der Waals surface area contributed by atoms with Gasteiger partial charge in [-0.25, -0.2) is 4.79 Å². The maximum absolute atomic E-state index is 12.1. The zero-order valence-corrected chi connectivity index (χ0v) is 13.7. The monoisotopic (exact) mass is 342 g/mol. The number of hydrogen-bond donors (Lipinski definition) is 1. The van der Waals surface area contributed by atoms with Crippen LogP contribution in [-0.4, -0.2) is 27.9 Å². The number of carbonyl (C=O) groups is 2. The third kappa shape index (κ3) is 4.92. The van der Waals surface area contributed by atoms with Crippen molar-refractivity contribution in [3.8, 4) is 0 Å². The summed E-state index contributed by atoms with van der Waals surface area (Å²) in [6.07, 6.45) is 3.19. The van der Waals surface area contributed by atoms with Crippen LogP contribution in [0, 0.1) is 6.92 Å². The predicted molar refractivity (Wildman–Crippen MR) is 80.2 cm³/mol. The molecule has 0 radical (unpaired) electrons. The van der Waals surface area contributed by atoms with Crippen LogP contribution in [0.4, 0.5) is 4.79 Å². The summed E-state index contributed by atoms with van der Waals surface area (Å²) in [5, 5.41) is 3.00. The summed E-state index contributed by atoms with van der Waals surface area (Å²) in [6, 6.07) is 0. The van der Waals surface area contributed by atoms with E-state index in [9.17, 15) is 9.59 Å². The summed E-state index contributed by atoms with van der Waals surface area (Å²) in [6.45, 7) is 7.05. The Bertz CT molecular complexity index is 510. The predicted octanol–water partition coefficient (Wildman–Crippen LogP) is 2.99. The number of aromatic nitrogens is 1. The number of halogens is 1. The molecule has 0 aliphatic heterocycles. The number of ether oxygens (including phenoxy) is 1. The SMILES string of the molecule is Cc1c(CCBr)cncc1C(=O)NC(=O)OC(C)(C)C. The molecule has 1 aromatic rings. The lowest BCUT2D eigenvalue weighted by Crippen LogP contribution is -2.36. The third-order valence-electron chi connectivity index (χ3n) is 2.54. The molecule has 2 amide bonds. The number of hydrogen-bond acceptors (Lipinski definition) is 4. The fourth-order valence-corrected chi connectivity index (χ4v) is 2.04. The van der Waals surface area contributed by atoms with Crippen LogP contribution in [0.25, 0.3) is 0 Å². The average Bonchev–Trinajstić information content (AvgIpc) is 2.29. The zero-order valence-electron chi connectivity index (χ0n) is 12.1. The van der Waals surface area contributed by atoms with E-state index in [4.69, 9.17) is 4.74 Å². The van der Waals surface area contributed by atoms with E-state index < -0.39 is 17.6 Å². The smallest absolute Gasteiger partial charge is 0.414 e. The quantitative estimate of drug-likeness (QED) is 0.857. The van der Waals surface area contributed by atoms with E-state index in [1.807, 2.05) is 6.92 Å². The van der Waals surface area contributed by atoms with Gasteiger partial charge < -0.3 is 4.74 Å². The number of amides is 2. The highest BCUT2D eigenvalue weighted by Gasteiger charge is 2.20. The van der Waals surface area contributed by atoms with E-state index in [1.165, 1.54) is 6.20 Å². The molecule has 0 saturated heterocycles. The Morgan fingerprint density at radius 2 is 2.00 bits per heavy atom. The summed E-state index contributed by atoms with van der Waals surface area (Å²) >= 11 is 3.35. The number of rotatable bonds is 3. The van der Waals surface area contributed by atoms with Crippen molar-refractivity contribution in [1.82, 2.24) is 10.3 Å². The Balaban J connectivity index is 2.83. The van der Waals surface area contributed by atoms with Crippen LogP contribution < -0.4 is 5.32 Å². The number of aryl methyl sites for hydroxylation is 1. The van der Waals surface area contributed by atoms with Crippen LogP contribution in [-0.2, 0) is 11.2 Å². The number of nitrogens with zero attached hydrogens (tertiary/aromatic N) is 1. The number of imide groups is 1. The summed E-state index contributed by atoms with van der Waals surface area (Å²) in [4.78, 5) is 27.7. The summed E-state index contributed by atoms with van der Waals surface area (Å²) < 4.78 is 5.05. The Kier molecular flexibility index (Phi) is 5.68. The number of alkyl carbamates (subject to hydrolysis) is 1. The molecule has 1 aromatic heterocycles. The van der Waals surface area contributed by atoms with Crippen molar-refractivity contribution < 1.29 is 14.3 Å². The molecule has 5 nitrogen and oxygen atoms in total. The van der Waals surface area contributed by atoms with Gasteiger partial charge in [0.2, 0.25) is 0 Å². The van der Waals surface area contributed by atoms with Crippen molar-refractivity contribution >= 4 is 27.9 Å². The van der Waals surface area contributed by atoms with Crippen molar-refractivity contribution in [2.45, 2.75) is 39.7 Å². The summed E-state index contributed by atoms with van der Waals surface area (Å²) in [7, 11) is 0. The Labute approximate surface area is 127 Å². The Morgan fingerprint density at radius 1 is 1.35 bits per heavy atom. The fraction of sp³-hybridized carbons (Fsp3) is 0.500. The van der Waals surface area contributed by atoms with Crippen LogP contribution in [0.1, 0.15) is 42.3 Å². The minimum atomic E-state index is -0.757. The molecule has 0 aromatic carbocycles. The normalized spacial score (nSPS) is 11.1. The molecule has 0 aliphatic carbocycles. The molecule has 20 heavy (non-hydrogen) atoms. The molecule has 0 spiro atoms. The molecular formula is C14H19BrN2O3. The lowest BCUT2D eigenvalue weighted by atomic mass is 10.0. The molecular weight excluding hydrogens is 324 g/mol. The highest BCUT2D eigenvalue weighted by Crippen LogP contribution is 2.14. The Morgan fingerprint density at radius 3 is 2.55 bits per heavy atom. The molecule has 1 rings (SSSR count). The maximum atomic E-state index is 12.1. The molecule has 0 saturated carbocycles. The van der Waals surface area contributed by atoms with Gasteiger partial charge in [-0.05, 0) is 45.2 Å². The standard InChI is InChI=1S/C14H19BrN2O3/c1-9-10(5-6-15)7-16-8-11(9)12(18)17-13(19)20-14(2,3)4/h7-8H,5-6H2,1-4H3,(H,17,18,19). The highest BCUT2D eigenvalue weighted by molar-refractivity contribution is 9.09. The summed E-state index contributed by atoms with van der Waals surface area (Å²) in [5.74, 6) is -0.499. The van der Waals surface area contributed by atoms with E-state index in [0.717, 1.165) is 22.9 Å². The molecule has 1 N–H and O–H groups in total. The van der Waals surface area contributed by atoms with Gasteiger partial charge in [0.15, 0.2) is 0 Å². The van der Waals surface area contributed by atoms with Crippen LogP contribution in [0.2, 0.25) is 0 Å². The maximum Gasteiger partial charge on any atom is 0.414 e. The van der Waals surface area contributed by atoms with Gasteiger partial charge in [0.25, 0.3) is 5.91 Å². The van der Waals surface area contributed by atoms with E-state index >= 15 is 0 Å². The van der Waals surface area contributed by atoms with Crippen LogP contribution >= 0.6 is 15.9 Å².